The van der Waals surface area contributed by atoms with Crippen LogP contribution in [0.1, 0.15) is 17.2 Å². The van der Waals surface area contributed by atoms with Crippen molar-refractivity contribution in [2.75, 3.05) is 20.6 Å². The molecule has 0 aliphatic rings. The number of halogens is 4. The van der Waals surface area contributed by atoms with Gasteiger partial charge in [-0.3, -0.25) is 0 Å². The van der Waals surface area contributed by atoms with Gasteiger partial charge >= 0.3 is 6.18 Å². The molecular weight excluding hydrogens is 236 g/mol. The summed E-state index contributed by atoms with van der Waals surface area (Å²) in [6, 6.07) is 2.27. The van der Waals surface area contributed by atoms with Gasteiger partial charge in [0, 0.05) is 12.6 Å². The van der Waals surface area contributed by atoms with Gasteiger partial charge < -0.3 is 10.6 Å². The van der Waals surface area contributed by atoms with Gasteiger partial charge in [-0.1, -0.05) is 6.07 Å². The number of nitrogens with two attached hydrogens (primary N) is 1. The first-order valence-electron chi connectivity index (χ1n) is 4.98. The third-order valence-electron chi connectivity index (χ3n) is 2.29. The van der Waals surface area contributed by atoms with Crippen LogP contribution in [0.2, 0.25) is 0 Å². The maximum Gasteiger partial charge on any atom is 0.419 e. The lowest BCUT2D eigenvalue weighted by atomic mass is 10.0. The maximum absolute atomic E-state index is 13.0. The van der Waals surface area contributed by atoms with Crippen LogP contribution in [0.25, 0.3) is 0 Å². The van der Waals surface area contributed by atoms with Crippen molar-refractivity contribution in [2.45, 2.75) is 12.2 Å². The monoisotopic (exact) mass is 250 g/mol. The molecule has 1 aromatic carbocycles. The highest BCUT2D eigenvalue weighted by atomic mass is 19.4. The van der Waals surface area contributed by atoms with Crippen LogP contribution in [0.3, 0.4) is 0 Å². The molecule has 0 saturated carbocycles. The SMILES string of the molecule is CN(C)CC(N)c1ccc(F)c(C(F)(F)F)c1. The minimum absolute atomic E-state index is 0.271. The highest BCUT2D eigenvalue weighted by Crippen LogP contribution is 2.32. The van der Waals surface area contributed by atoms with E-state index in [0.717, 1.165) is 12.1 Å². The second-order valence-corrected chi connectivity index (χ2v) is 4.11. The fourth-order valence-electron chi connectivity index (χ4n) is 1.49. The molecule has 6 heteroatoms. The molecule has 0 fully saturated rings. The molecule has 0 heterocycles. The van der Waals surface area contributed by atoms with E-state index in [0.29, 0.717) is 6.54 Å². The van der Waals surface area contributed by atoms with Crippen molar-refractivity contribution in [3.05, 3.63) is 35.1 Å². The number of alkyl halides is 3. The van der Waals surface area contributed by atoms with Gasteiger partial charge in [0.1, 0.15) is 5.82 Å². The molecule has 17 heavy (non-hydrogen) atoms. The summed E-state index contributed by atoms with van der Waals surface area (Å²) < 4.78 is 50.4. The van der Waals surface area contributed by atoms with Crippen LogP contribution < -0.4 is 5.73 Å². The van der Waals surface area contributed by atoms with E-state index in [4.69, 9.17) is 5.73 Å². The summed E-state index contributed by atoms with van der Waals surface area (Å²) >= 11 is 0. The molecule has 0 aliphatic heterocycles. The van der Waals surface area contributed by atoms with Crippen molar-refractivity contribution in [3.63, 3.8) is 0 Å². The Bertz CT molecular complexity index is 388. The summed E-state index contributed by atoms with van der Waals surface area (Å²) in [6.07, 6.45) is -4.70. The topological polar surface area (TPSA) is 29.3 Å². The quantitative estimate of drug-likeness (QED) is 0.835. The third-order valence-corrected chi connectivity index (χ3v) is 2.29. The molecule has 1 rings (SSSR count). The Kier molecular flexibility index (Phi) is 4.11. The Morgan fingerprint density at radius 2 is 1.88 bits per heavy atom. The number of rotatable bonds is 3. The second-order valence-electron chi connectivity index (χ2n) is 4.11. The Balaban J connectivity index is 3.04. The van der Waals surface area contributed by atoms with Gasteiger partial charge in [-0.2, -0.15) is 13.2 Å². The van der Waals surface area contributed by atoms with Gasteiger partial charge in [0.2, 0.25) is 0 Å². The summed E-state index contributed by atoms with van der Waals surface area (Å²) in [4.78, 5) is 1.75. The van der Waals surface area contributed by atoms with Crippen molar-refractivity contribution < 1.29 is 17.6 Å². The molecule has 0 radical (unpaired) electrons. The molecular formula is C11H14F4N2. The summed E-state index contributed by atoms with van der Waals surface area (Å²) in [6.45, 7) is 0.392. The molecule has 0 spiro atoms. The standard InChI is InChI=1S/C11H14F4N2/c1-17(2)6-10(16)7-3-4-9(12)8(5-7)11(13,14)15/h3-5,10H,6,16H2,1-2H3. The van der Waals surface area contributed by atoms with Crippen molar-refractivity contribution >= 4 is 0 Å². The van der Waals surface area contributed by atoms with E-state index in [9.17, 15) is 17.6 Å². The van der Waals surface area contributed by atoms with Gasteiger partial charge in [-0.05, 0) is 31.8 Å². The first kappa shape index (κ1) is 13.9. The summed E-state index contributed by atoms with van der Waals surface area (Å²) in [7, 11) is 3.52. The smallest absolute Gasteiger partial charge is 0.323 e. The van der Waals surface area contributed by atoms with E-state index < -0.39 is 23.6 Å². The lowest BCUT2D eigenvalue weighted by molar-refractivity contribution is -0.140. The number of likely N-dealkylation sites (N-methyl/N-ethyl adjacent to an activating group) is 1. The van der Waals surface area contributed by atoms with E-state index in [1.54, 1.807) is 19.0 Å². The van der Waals surface area contributed by atoms with Crippen LogP contribution in [0.5, 0.6) is 0 Å². The normalized spacial score (nSPS) is 14.1. The maximum atomic E-state index is 13.0. The molecule has 0 amide bonds. The minimum atomic E-state index is -4.70. The second kappa shape index (κ2) is 5.01. The van der Waals surface area contributed by atoms with Crippen LogP contribution in [0, 0.1) is 5.82 Å². The van der Waals surface area contributed by atoms with E-state index in [1.807, 2.05) is 0 Å². The lowest BCUT2D eigenvalue weighted by Gasteiger charge is -2.18. The van der Waals surface area contributed by atoms with Crippen LogP contribution in [-0.4, -0.2) is 25.5 Å². The molecule has 0 aromatic heterocycles. The molecule has 1 atom stereocenters. The van der Waals surface area contributed by atoms with Crippen molar-refractivity contribution in [1.29, 1.82) is 0 Å². The minimum Gasteiger partial charge on any atom is -0.323 e. The molecule has 2 N–H and O–H groups in total. The van der Waals surface area contributed by atoms with Gasteiger partial charge in [-0.15, -0.1) is 0 Å². The molecule has 0 saturated heterocycles. The molecule has 96 valence electrons. The average molecular weight is 250 g/mol. The van der Waals surface area contributed by atoms with Gasteiger partial charge in [0.05, 0.1) is 5.56 Å². The zero-order valence-electron chi connectivity index (χ0n) is 9.55. The predicted molar refractivity (Wildman–Crippen MR) is 56.9 cm³/mol. The zero-order valence-corrected chi connectivity index (χ0v) is 9.55. The van der Waals surface area contributed by atoms with Crippen molar-refractivity contribution in [3.8, 4) is 0 Å². The predicted octanol–water partition coefficient (Wildman–Crippen LogP) is 2.41. The Morgan fingerprint density at radius 1 is 1.29 bits per heavy atom. The van der Waals surface area contributed by atoms with Gasteiger partial charge in [0.25, 0.3) is 0 Å². The molecule has 1 unspecified atom stereocenters. The number of hydrogen-bond acceptors (Lipinski definition) is 2. The Hall–Kier alpha value is -1.14. The summed E-state index contributed by atoms with van der Waals surface area (Å²) in [5, 5.41) is 0. The van der Waals surface area contributed by atoms with E-state index in [1.165, 1.54) is 6.07 Å². The first-order chi connectivity index (χ1) is 7.71. The van der Waals surface area contributed by atoms with E-state index in [-0.39, 0.29) is 5.56 Å². The van der Waals surface area contributed by atoms with Crippen LogP contribution in [0.4, 0.5) is 17.6 Å². The molecule has 1 aromatic rings. The van der Waals surface area contributed by atoms with Crippen LogP contribution >= 0.6 is 0 Å². The molecule has 0 bridgehead atoms. The average Bonchev–Trinajstić information content (AvgIpc) is 2.15. The molecule has 2 nitrogen and oxygen atoms in total. The zero-order chi connectivity index (χ0) is 13.2. The van der Waals surface area contributed by atoms with Gasteiger partial charge in [-0.25, -0.2) is 4.39 Å². The van der Waals surface area contributed by atoms with E-state index >= 15 is 0 Å². The number of nitrogens with zero attached hydrogens (tertiary/aromatic N) is 1. The summed E-state index contributed by atoms with van der Waals surface area (Å²) in [5.41, 5.74) is 4.72. The third kappa shape index (κ3) is 3.67. The highest BCUT2D eigenvalue weighted by molar-refractivity contribution is 5.29. The summed E-state index contributed by atoms with van der Waals surface area (Å²) in [5.74, 6) is -1.28. The lowest BCUT2D eigenvalue weighted by Crippen LogP contribution is -2.26. The van der Waals surface area contributed by atoms with Crippen molar-refractivity contribution in [2.24, 2.45) is 5.73 Å². The van der Waals surface area contributed by atoms with Crippen LogP contribution in [-0.2, 0) is 6.18 Å². The highest BCUT2D eigenvalue weighted by Gasteiger charge is 2.34. The van der Waals surface area contributed by atoms with E-state index in [2.05, 4.69) is 0 Å². The molecule has 0 aliphatic carbocycles. The van der Waals surface area contributed by atoms with Crippen LogP contribution in [0.15, 0.2) is 18.2 Å². The van der Waals surface area contributed by atoms with Crippen molar-refractivity contribution in [1.82, 2.24) is 4.90 Å². The Labute approximate surface area is 97.0 Å². The fourth-order valence-corrected chi connectivity index (χ4v) is 1.49. The first-order valence-corrected chi connectivity index (χ1v) is 4.98. The Morgan fingerprint density at radius 3 is 2.35 bits per heavy atom. The fraction of sp³-hybridized carbons (Fsp3) is 0.455. The van der Waals surface area contributed by atoms with Gasteiger partial charge in [0.15, 0.2) is 0 Å². The number of hydrogen-bond donors (Lipinski definition) is 1. The largest absolute Gasteiger partial charge is 0.419 e. The number of benzene rings is 1.